The molecule has 1 unspecified atom stereocenters. The number of nitrogens with zero attached hydrogens (tertiary/aromatic N) is 3. The van der Waals surface area contributed by atoms with Crippen molar-refractivity contribution in [1.29, 1.82) is 0 Å². The molecule has 0 saturated carbocycles. The molecule has 2 heterocycles. The van der Waals surface area contributed by atoms with Gasteiger partial charge in [-0.1, -0.05) is 18.2 Å². The van der Waals surface area contributed by atoms with Crippen molar-refractivity contribution in [1.82, 2.24) is 14.6 Å². The average Bonchev–Trinajstić information content (AvgIpc) is 3.40. The van der Waals surface area contributed by atoms with Gasteiger partial charge in [-0.3, -0.25) is 10.1 Å². The number of rotatable bonds is 7. The number of carbonyl (C=O) groups excluding carboxylic acids is 1. The minimum atomic E-state index is -3.93. The van der Waals surface area contributed by atoms with Gasteiger partial charge in [0, 0.05) is 36.2 Å². The first kappa shape index (κ1) is 27.4. The standard InChI is InChI=1S/C26H31N5O5S2/c1-25(2)26(3,30-24(31(4)38(25,33)34)29-22(32)17-10-8-7-9-11-17)23-28-21(16-37-23)27-15-18-12-13-19(35-5)14-20(18)36-6/h7-14,16,27H,15H2,1-6H3,(H,29,30,32). The number of aliphatic imine (C=N–C) groups is 1. The fourth-order valence-electron chi connectivity index (χ4n) is 4.06. The highest BCUT2D eigenvalue weighted by molar-refractivity contribution is 7.91. The molecule has 1 amide bonds. The van der Waals surface area contributed by atoms with Crippen molar-refractivity contribution in [2.45, 2.75) is 37.6 Å². The molecule has 38 heavy (non-hydrogen) atoms. The molecule has 202 valence electrons. The molecular formula is C26H31N5O5S2. The largest absolute Gasteiger partial charge is 0.497 e. The van der Waals surface area contributed by atoms with Crippen LogP contribution in [0.15, 0.2) is 58.9 Å². The van der Waals surface area contributed by atoms with E-state index in [-0.39, 0.29) is 5.96 Å². The first-order valence-corrected chi connectivity index (χ1v) is 14.1. The van der Waals surface area contributed by atoms with Gasteiger partial charge in [0.05, 0.1) is 14.2 Å². The van der Waals surface area contributed by atoms with Crippen LogP contribution in [0, 0.1) is 0 Å². The van der Waals surface area contributed by atoms with E-state index in [1.807, 2.05) is 17.5 Å². The SMILES string of the molecule is COc1ccc(CNc2csc(C3(C)N=C(NC(=O)c4ccccc4)N(C)S(=O)(=O)C3(C)C)n2)c(OC)c1. The fourth-order valence-corrected chi connectivity index (χ4v) is 6.81. The summed E-state index contributed by atoms with van der Waals surface area (Å²) in [6.45, 7) is 5.39. The minimum Gasteiger partial charge on any atom is -0.497 e. The number of hydrogen-bond donors (Lipinski definition) is 2. The second-order valence-corrected chi connectivity index (χ2v) is 12.8. The Morgan fingerprint density at radius 2 is 1.79 bits per heavy atom. The monoisotopic (exact) mass is 557 g/mol. The summed E-state index contributed by atoms with van der Waals surface area (Å²) in [6, 6.07) is 14.1. The van der Waals surface area contributed by atoms with E-state index in [1.165, 1.54) is 18.4 Å². The third kappa shape index (κ3) is 4.69. The van der Waals surface area contributed by atoms with E-state index in [9.17, 15) is 13.2 Å². The number of aromatic nitrogens is 1. The Hall–Kier alpha value is -3.64. The summed E-state index contributed by atoms with van der Waals surface area (Å²) in [5.41, 5.74) is 0.0162. The number of benzene rings is 2. The lowest BCUT2D eigenvalue weighted by Gasteiger charge is -2.46. The Morgan fingerprint density at radius 3 is 2.45 bits per heavy atom. The molecule has 0 aliphatic carbocycles. The molecule has 2 aromatic carbocycles. The quantitative estimate of drug-likeness (QED) is 0.453. The first-order chi connectivity index (χ1) is 17.9. The lowest BCUT2D eigenvalue weighted by molar-refractivity contribution is 0.0973. The number of carbonyl (C=O) groups is 1. The number of thiazole rings is 1. The second kappa shape index (κ2) is 10.3. The Bertz CT molecular complexity index is 1470. The molecule has 1 aromatic heterocycles. The number of guanidine groups is 1. The van der Waals surface area contributed by atoms with Gasteiger partial charge in [0.1, 0.15) is 32.6 Å². The molecule has 1 aliphatic heterocycles. The van der Waals surface area contributed by atoms with Gasteiger partial charge in [-0.2, -0.15) is 0 Å². The van der Waals surface area contributed by atoms with Crippen LogP contribution in [-0.4, -0.2) is 55.6 Å². The first-order valence-electron chi connectivity index (χ1n) is 11.8. The molecule has 0 fully saturated rings. The molecule has 0 spiro atoms. The van der Waals surface area contributed by atoms with Gasteiger partial charge in [-0.15, -0.1) is 11.3 Å². The molecular weight excluding hydrogens is 526 g/mol. The van der Waals surface area contributed by atoms with Crippen molar-refractivity contribution in [3.63, 3.8) is 0 Å². The summed E-state index contributed by atoms with van der Waals surface area (Å²) in [5.74, 6) is 1.41. The van der Waals surface area contributed by atoms with Crippen molar-refractivity contribution in [3.05, 3.63) is 70.0 Å². The molecule has 4 rings (SSSR count). The summed E-state index contributed by atoms with van der Waals surface area (Å²) in [4.78, 5) is 22.3. The van der Waals surface area contributed by atoms with Crippen LogP contribution in [0.25, 0.3) is 0 Å². The van der Waals surface area contributed by atoms with Crippen molar-refractivity contribution >= 4 is 39.0 Å². The van der Waals surface area contributed by atoms with Gasteiger partial charge >= 0.3 is 0 Å². The molecule has 3 aromatic rings. The van der Waals surface area contributed by atoms with E-state index in [0.717, 1.165) is 9.87 Å². The third-order valence-corrected chi connectivity index (χ3v) is 10.6. The Balaban J connectivity index is 1.64. The van der Waals surface area contributed by atoms with E-state index in [4.69, 9.17) is 19.5 Å². The Kier molecular flexibility index (Phi) is 7.39. The topological polar surface area (TPSA) is 122 Å². The smallest absolute Gasteiger partial charge is 0.257 e. The van der Waals surface area contributed by atoms with Crippen LogP contribution in [0.4, 0.5) is 5.82 Å². The summed E-state index contributed by atoms with van der Waals surface area (Å²) >= 11 is 1.30. The van der Waals surface area contributed by atoms with Gasteiger partial charge < -0.3 is 14.8 Å². The highest BCUT2D eigenvalue weighted by Crippen LogP contribution is 2.47. The van der Waals surface area contributed by atoms with Crippen LogP contribution >= 0.6 is 11.3 Å². The molecule has 0 saturated heterocycles. The molecule has 12 heteroatoms. The fraction of sp³-hybridized carbons (Fsp3) is 0.346. The van der Waals surface area contributed by atoms with Crippen molar-refractivity contribution in [2.75, 3.05) is 26.6 Å². The predicted octanol–water partition coefficient (Wildman–Crippen LogP) is 3.83. The summed E-state index contributed by atoms with van der Waals surface area (Å²) in [5, 5.41) is 8.26. The number of anilines is 1. The number of amides is 1. The second-order valence-electron chi connectivity index (χ2n) is 9.38. The predicted molar refractivity (Wildman–Crippen MR) is 148 cm³/mol. The van der Waals surface area contributed by atoms with Crippen molar-refractivity contribution in [3.8, 4) is 11.5 Å². The number of sulfonamides is 1. The van der Waals surface area contributed by atoms with Crippen LogP contribution in [0.5, 0.6) is 11.5 Å². The summed E-state index contributed by atoms with van der Waals surface area (Å²) in [7, 11) is 0.643. The molecule has 1 atom stereocenters. The molecule has 0 radical (unpaired) electrons. The summed E-state index contributed by atoms with van der Waals surface area (Å²) in [6.07, 6.45) is 0. The van der Waals surface area contributed by atoms with E-state index < -0.39 is 26.2 Å². The minimum absolute atomic E-state index is 0.0617. The maximum atomic E-state index is 13.6. The Labute approximate surface area is 226 Å². The highest BCUT2D eigenvalue weighted by atomic mass is 32.2. The molecule has 0 bridgehead atoms. The zero-order valence-corrected chi connectivity index (χ0v) is 23.7. The van der Waals surface area contributed by atoms with Gasteiger partial charge in [0.15, 0.2) is 0 Å². The van der Waals surface area contributed by atoms with Crippen molar-refractivity contribution in [2.24, 2.45) is 4.99 Å². The maximum Gasteiger partial charge on any atom is 0.257 e. The number of nitrogens with one attached hydrogen (secondary N) is 2. The van der Waals surface area contributed by atoms with E-state index in [1.54, 1.807) is 71.4 Å². The highest BCUT2D eigenvalue weighted by Gasteiger charge is 2.59. The summed E-state index contributed by atoms with van der Waals surface area (Å²) < 4.78 is 37.6. The van der Waals surface area contributed by atoms with Gasteiger partial charge in [-0.25, -0.2) is 22.7 Å². The van der Waals surface area contributed by atoms with Crippen LogP contribution in [0.1, 0.15) is 41.7 Å². The molecule has 2 N–H and O–H groups in total. The number of methoxy groups -OCH3 is 2. The van der Waals surface area contributed by atoms with Crippen molar-refractivity contribution < 1.29 is 22.7 Å². The maximum absolute atomic E-state index is 13.6. The zero-order chi connectivity index (χ0) is 27.7. The van der Waals surface area contributed by atoms with Crippen LogP contribution in [0.2, 0.25) is 0 Å². The molecule has 1 aliphatic rings. The van der Waals surface area contributed by atoms with E-state index in [2.05, 4.69) is 10.6 Å². The van der Waals surface area contributed by atoms with Gasteiger partial charge in [0.25, 0.3) is 5.91 Å². The van der Waals surface area contributed by atoms with Crippen LogP contribution in [-0.2, 0) is 22.1 Å². The van der Waals surface area contributed by atoms with Crippen LogP contribution < -0.4 is 20.1 Å². The van der Waals surface area contributed by atoms with Gasteiger partial charge in [-0.05, 0) is 45.0 Å². The van der Waals surface area contributed by atoms with Crippen LogP contribution in [0.3, 0.4) is 0 Å². The lowest BCUT2D eigenvalue weighted by atomic mass is 9.88. The zero-order valence-electron chi connectivity index (χ0n) is 22.1. The average molecular weight is 558 g/mol. The van der Waals surface area contributed by atoms with E-state index >= 15 is 0 Å². The number of ether oxygens (including phenoxy) is 2. The Morgan fingerprint density at radius 1 is 1.08 bits per heavy atom. The normalized spacial score (nSPS) is 19.8. The van der Waals surface area contributed by atoms with E-state index in [0.29, 0.717) is 34.4 Å². The third-order valence-electron chi connectivity index (χ3n) is 6.94. The molecule has 10 nitrogen and oxygen atoms in total. The lowest BCUT2D eigenvalue weighted by Crippen LogP contribution is -2.63. The van der Waals surface area contributed by atoms with Gasteiger partial charge in [0.2, 0.25) is 16.0 Å². The number of hydrogen-bond acceptors (Lipinski definition) is 9.